The average Bonchev–Trinajstić information content (AvgIpc) is 2.99. The minimum absolute atomic E-state index is 0.0872. The predicted molar refractivity (Wildman–Crippen MR) is 115 cm³/mol. The lowest BCUT2D eigenvalue weighted by atomic mass is 9.89. The Kier molecular flexibility index (Phi) is 10.6. The van der Waals surface area contributed by atoms with Gasteiger partial charge in [0.15, 0.2) is 0 Å². The number of rotatable bonds is 12. The molecule has 5 atom stereocenters. The number of esters is 1. The van der Waals surface area contributed by atoms with Crippen LogP contribution < -0.4 is 4.74 Å². The second-order valence-corrected chi connectivity index (χ2v) is 7.73. The normalized spacial score (nSPS) is 25.1. The molecule has 0 aromatic heterocycles. The van der Waals surface area contributed by atoms with Gasteiger partial charge in [-0.3, -0.25) is 4.79 Å². The van der Waals surface area contributed by atoms with Gasteiger partial charge in [-0.05, 0) is 43.7 Å². The Morgan fingerprint density at radius 3 is 2.67 bits per heavy atom. The van der Waals surface area contributed by atoms with Gasteiger partial charge in [0.25, 0.3) is 0 Å². The molecule has 1 fully saturated rings. The zero-order valence-corrected chi connectivity index (χ0v) is 17.6. The van der Waals surface area contributed by atoms with E-state index in [0.29, 0.717) is 25.2 Å². The van der Waals surface area contributed by atoms with E-state index in [0.717, 1.165) is 19.3 Å². The molecule has 1 aromatic carbocycles. The summed E-state index contributed by atoms with van der Waals surface area (Å²) in [4.78, 5) is 10.7. The maximum atomic E-state index is 10.7. The number of allylic oxidation sites excluding steroid dienone is 2. The van der Waals surface area contributed by atoms with Crippen LogP contribution in [-0.2, 0) is 9.53 Å². The number of carbonyl (C=O) groups is 1. The van der Waals surface area contributed by atoms with Crippen molar-refractivity contribution in [1.29, 1.82) is 0 Å². The first-order valence-electron chi connectivity index (χ1n) is 10.7. The second kappa shape index (κ2) is 13.2. The van der Waals surface area contributed by atoms with Gasteiger partial charge in [0.2, 0.25) is 0 Å². The number of hydrogen-bond acceptors (Lipinski definition) is 6. The van der Waals surface area contributed by atoms with Crippen molar-refractivity contribution in [1.82, 2.24) is 0 Å². The molecule has 6 heteroatoms. The number of benzene rings is 1. The van der Waals surface area contributed by atoms with Gasteiger partial charge in [-0.1, -0.05) is 42.5 Å². The van der Waals surface area contributed by atoms with Gasteiger partial charge in [0.1, 0.15) is 18.5 Å². The molecular formula is C24H34O6. The fourth-order valence-electron chi connectivity index (χ4n) is 3.67. The standard InChI is InChI=1S/C24H34O6/c1-18(25)29-15-9-4-2-3-8-12-21-22(24(28)16-23(21)27)14-13-19(26)17-30-20-10-6-5-7-11-20/h3,5-8,10-11,13-14,19,21-24,26-28H,2,4,9,12,15-17H2,1H3/b8-3-,14-13+/t19-,21-,22-,23+,24-/m1/s1. The number of carbonyl (C=O) groups excluding carboxylic acids is 1. The van der Waals surface area contributed by atoms with E-state index in [9.17, 15) is 20.1 Å². The summed E-state index contributed by atoms with van der Waals surface area (Å²) in [6, 6.07) is 9.28. The Morgan fingerprint density at radius 2 is 1.93 bits per heavy atom. The third-order valence-electron chi connectivity index (χ3n) is 5.28. The van der Waals surface area contributed by atoms with Crippen LogP contribution in [0.5, 0.6) is 5.75 Å². The zero-order valence-electron chi connectivity index (χ0n) is 17.6. The first-order valence-corrected chi connectivity index (χ1v) is 10.7. The largest absolute Gasteiger partial charge is 0.491 e. The monoisotopic (exact) mass is 418 g/mol. The van der Waals surface area contributed by atoms with Crippen molar-refractivity contribution in [2.45, 2.75) is 57.3 Å². The summed E-state index contributed by atoms with van der Waals surface area (Å²) in [5, 5.41) is 30.8. The van der Waals surface area contributed by atoms with Gasteiger partial charge in [0, 0.05) is 19.3 Å². The molecule has 0 unspecified atom stereocenters. The van der Waals surface area contributed by atoms with Crippen LogP contribution in [0.15, 0.2) is 54.6 Å². The lowest BCUT2D eigenvalue weighted by Gasteiger charge is -2.19. The summed E-state index contributed by atoms with van der Waals surface area (Å²) in [5.41, 5.74) is 0. The lowest BCUT2D eigenvalue weighted by molar-refractivity contribution is -0.141. The van der Waals surface area contributed by atoms with Crippen LogP contribution >= 0.6 is 0 Å². The molecule has 3 N–H and O–H groups in total. The molecule has 30 heavy (non-hydrogen) atoms. The Balaban J connectivity index is 1.75. The SMILES string of the molecule is CC(=O)OCCCC/C=C\C[C@@H]1[C@@H](/C=C/[C@@H](O)COc2ccccc2)[C@H](O)C[C@@H]1O. The van der Waals surface area contributed by atoms with Gasteiger partial charge in [0.05, 0.1) is 18.8 Å². The van der Waals surface area contributed by atoms with Gasteiger partial charge in [-0.15, -0.1) is 0 Å². The van der Waals surface area contributed by atoms with Crippen LogP contribution in [-0.4, -0.2) is 52.8 Å². The Morgan fingerprint density at radius 1 is 1.17 bits per heavy atom. The molecule has 2 rings (SSSR count). The topological polar surface area (TPSA) is 96.2 Å². The van der Waals surface area contributed by atoms with E-state index >= 15 is 0 Å². The van der Waals surface area contributed by atoms with Crippen molar-refractivity contribution in [2.24, 2.45) is 11.8 Å². The fourth-order valence-corrected chi connectivity index (χ4v) is 3.67. The summed E-state index contributed by atoms with van der Waals surface area (Å²) in [5.74, 6) is 0.142. The maximum absolute atomic E-state index is 10.7. The van der Waals surface area contributed by atoms with E-state index in [2.05, 4.69) is 6.08 Å². The molecule has 0 aliphatic heterocycles. The van der Waals surface area contributed by atoms with Crippen molar-refractivity contribution in [3.05, 3.63) is 54.6 Å². The van der Waals surface area contributed by atoms with Crippen molar-refractivity contribution < 1.29 is 29.6 Å². The summed E-state index contributed by atoms with van der Waals surface area (Å²) < 4.78 is 10.4. The molecule has 0 radical (unpaired) electrons. The summed E-state index contributed by atoms with van der Waals surface area (Å²) >= 11 is 0. The molecule has 1 aliphatic carbocycles. The molecule has 1 aromatic rings. The highest BCUT2D eigenvalue weighted by Gasteiger charge is 2.39. The Labute approximate surface area is 178 Å². The average molecular weight is 419 g/mol. The smallest absolute Gasteiger partial charge is 0.302 e. The molecule has 1 aliphatic rings. The third kappa shape index (κ3) is 8.69. The Hall–Kier alpha value is -2.15. The highest BCUT2D eigenvalue weighted by atomic mass is 16.5. The molecule has 0 spiro atoms. The minimum atomic E-state index is -0.788. The van der Waals surface area contributed by atoms with Crippen molar-refractivity contribution in [3.8, 4) is 5.75 Å². The molecule has 6 nitrogen and oxygen atoms in total. The lowest BCUT2D eigenvalue weighted by Crippen LogP contribution is -2.21. The molecule has 0 amide bonds. The minimum Gasteiger partial charge on any atom is -0.491 e. The highest BCUT2D eigenvalue weighted by molar-refractivity contribution is 5.65. The Bertz CT molecular complexity index is 672. The molecule has 0 saturated heterocycles. The van der Waals surface area contributed by atoms with Crippen LogP contribution in [0.2, 0.25) is 0 Å². The summed E-state index contributed by atoms with van der Waals surface area (Å²) in [6.45, 7) is 1.98. The second-order valence-electron chi connectivity index (χ2n) is 7.73. The molecule has 1 saturated carbocycles. The van der Waals surface area contributed by atoms with Gasteiger partial charge in [-0.25, -0.2) is 0 Å². The van der Waals surface area contributed by atoms with E-state index < -0.39 is 18.3 Å². The highest BCUT2D eigenvalue weighted by Crippen LogP contribution is 2.36. The number of ether oxygens (including phenoxy) is 2. The van der Waals surface area contributed by atoms with Gasteiger partial charge < -0.3 is 24.8 Å². The zero-order chi connectivity index (χ0) is 21.8. The van der Waals surface area contributed by atoms with Crippen LogP contribution in [0.3, 0.4) is 0 Å². The first kappa shape index (κ1) is 24.1. The van der Waals surface area contributed by atoms with Gasteiger partial charge >= 0.3 is 5.97 Å². The molecular weight excluding hydrogens is 384 g/mol. The quantitative estimate of drug-likeness (QED) is 0.274. The number of aliphatic hydroxyl groups excluding tert-OH is 3. The number of hydrogen-bond donors (Lipinski definition) is 3. The van der Waals surface area contributed by atoms with Crippen LogP contribution in [0.25, 0.3) is 0 Å². The molecule has 166 valence electrons. The third-order valence-corrected chi connectivity index (χ3v) is 5.28. The van der Waals surface area contributed by atoms with Crippen LogP contribution in [0.1, 0.15) is 39.0 Å². The van der Waals surface area contributed by atoms with E-state index in [1.54, 1.807) is 12.2 Å². The molecule has 0 bridgehead atoms. The van der Waals surface area contributed by atoms with Crippen LogP contribution in [0.4, 0.5) is 0 Å². The van der Waals surface area contributed by atoms with Crippen molar-refractivity contribution in [2.75, 3.05) is 13.2 Å². The number of unbranched alkanes of at least 4 members (excludes halogenated alkanes) is 2. The number of para-hydroxylation sites is 1. The van der Waals surface area contributed by atoms with Crippen molar-refractivity contribution in [3.63, 3.8) is 0 Å². The first-order chi connectivity index (χ1) is 14.5. The summed E-state index contributed by atoms with van der Waals surface area (Å²) in [6.07, 6.45) is 9.19. The predicted octanol–water partition coefficient (Wildman–Crippen LogP) is 3.02. The van der Waals surface area contributed by atoms with E-state index in [4.69, 9.17) is 9.47 Å². The van der Waals surface area contributed by atoms with E-state index in [1.807, 2.05) is 36.4 Å². The maximum Gasteiger partial charge on any atom is 0.302 e. The van der Waals surface area contributed by atoms with Crippen LogP contribution in [0, 0.1) is 11.8 Å². The van der Waals surface area contributed by atoms with E-state index in [1.165, 1.54) is 6.92 Å². The van der Waals surface area contributed by atoms with Gasteiger partial charge in [-0.2, -0.15) is 0 Å². The van der Waals surface area contributed by atoms with Crippen molar-refractivity contribution >= 4 is 5.97 Å². The molecule has 0 heterocycles. The van der Waals surface area contributed by atoms with E-state index in [-0.39, 0.29) is 24.4 Å². The summed E-state index contributed by atoms with van der Waals surface area (Å²) in [7, 11) is 0. The fraction of sp³-hybridized carbons (Fsp3) is 0.542. The number of aliphatic hydroxyl groups is 3.